The van der Waals surface area contributed by atoms with Crippen LogP contribution in [-0.4, -0.2) is 41.0 Å². The van der Waals surface area contributed by atoms with Crippen molar-refractivity contribution in [2.24, 2.45) is 0 Å². The van der Waals surface area contributed by atoms with Crippen molar-refractivity contribution >= 4 is 19.8 Å². The van der Waals surface area contributed by atoms with Gasteiger partial charge in [0.15, 0.2) is 6.10 Å². The summed E-state index contributed by atoms with van der Waals surface area (Å²) < 4.78 is 26.3. The van der Waals surface area contributed by atoms with Crippen LogP contribution in [0.1, 0.15) is 174 Å². The molecule has 0 bridgehead atoms. The molecule has 0 aromatic heterocycles. The number of phosphoric acid groups is 1. The predicted octanol–water partition coefficient (Wildman–Crippen LogP) is 12.1. The van der Waals surface area contributed by atoms with Crippen LogP contribution in [0.2, 0.25) is 0 Å². The first kappa shape index (κ1) is 48.8. The predicted molar refractivity (Wildman–Crippen MR) is 211 cm³/mol. The van der Waals surface area contributed by atoms with Gasteiger partial charge in [-0.1, -0.05) is 145 Å². The normalized spacial score (nSPS) is 13.1. The number of hydrogen-bond acceptors (Lipinski definition) is 6. The summed E-state index contributed by atoms with van der Waals surface area (Å²) in [7, 11) is -4.76. The van der Waals surface area contributed by atoms with Crippen LogP contribution in [0.5, 0.6) is 0 Å². The van der Waals surface area contributed by atoms with E-state index in [4.69, 9.17) is 19.3 Å². The minimum atomic E-state index is -4.76. The molecule has 1 unspecified atom stereocenters. The molecule has 294 valence electrons. The zero-order chi connectivity index (χ0) is 37.5. The Morgan fingerprint density at radius 1 is 0.529 bits per heavy atom. The third kappa shape index (κ3) is 40.4. The summed E-state index contributed by atoms with van der Waals surface area (Å²) in [6.07, 6.45) is 46.5. The average Bonchev–Trinajstić information content (AvgIpc) is 3.10. The lowest BCUT2D eigenvalue weighted by atomic mass is 10.1. The number of rotatable bonds is 36. The molecule has 0 heterocycles. The summed E-state index contributed by atoms with van der Waals surface area (Å²) in [6, 6.07) is 0. The van der Waals surface area contributed by atoms with Gasteiger partial charge in [-0.15, -0.1) is 0 Å². The number of hydrogen-bond donors (Lipinski definition) is 2. The Labute approximate surface area is 311 Å². The monoisotopic (exact) mass is 737 g/mol. The molecule has 0 saturated carbocycles. The number of carbonyl (C=O) groups is 2. The molecule has 0 fully saturated rings. The van der Waals surface area contributed by atoms with Crippen molar-refractivity contribution in [3.05, 3.63) is 60.8 Å². The largest absolute Gasteiger partial charge is 0.469 e. The van der Waals surface area contributed by atoms with Crippen LogP contribution in [0.3, 0.4) is 0 Å². The lowest BCUT2D eigenvalue weighted by Gasteiger charge is -2.18. The van der Waals surface area contributed by atoms with Crippen molar-refractivity contribution in [3.63, 3.8) is 0 Å². The molecular weight excluding hydrogens is 663 g/mol. The number of ether oxygens (including phenoxy) is 2. The Balaban J connectivity index is 3.95. The molecule has 2 N–H and O–H groups in total. The van der Waals surface area contributed by atoms with Crippen LogP contribution < -0.4 is 0 Å². The zero-order valence-electron chi connectivity index (χ0n) is 32.2. The standard InChI is InChI=1S/C42H73O8P/c1-3-5-7-9-11-13-15-17-18-19-20-21-22-23-24-25-27-29-31-33-35-37-42(44)50-40(39-49-51(45,46)47)38-48-41(43)36-34-32-30-28-26-16-14-12-10-8-6-4-2/h5,7,11-14,17-18,20-21,40H,3-4,6,8-10,15-16,19,22-39H2,1-2H3,(H2,45,46,47)/b7-5-,13-11-,14-12-,18-17-,21-20-. The highest BCUT2D eigenvalue weighted by Gasteiger charge is 2.22. The molecule has 0 saturated heterocycles. The van der Waals surface area contributed by atoms with Gasteiger partial charge >= 0.3 is 19.8 Å². The first-order valence-corrected chi connectivity index (χ1v) is 21.6. The lowest BCUT2D eigenvalue weighted by molar-refractivity contribution is -0.161. The Bertz CT molecular complexity index is 1010. The molecule has 0 radical (unpaired) electrons. The molecule has 0 rings (SSSR count). The Morgan fingerprint density at radius 3 is 1.43 bits per heavy atom. The first-order valence-electron chi connectivity index (χ1n) is 20.1. The van der Waals surface area contributed by atoms with E-state index in [1.54, 1.807) is 0 Å². The lowest BCUT2D eigenvalue weighted by Crippen LogP contribution is -2.29. The van der Waals surface area contributed by atoms with E-state index in [2.05, 4.69) is 79.1 Å². The van der Waals surface area contributed by atoms with Crippen LogP contribution >= 0.6 is 7.82 Å². The van der Waals surface area contributed by atoms with Crippen molar-refractivity contribution in [1.82, 2.24) is 0 Å². The van der Waals surface area contributed by atoms with Gasteiger partial charge in [0.2, 0.25) is 0 Å². The Kier molecular flexibility index (Phi) is 35.9. The second kappa shape index (κ2) is 37.5. The van der Waals surface area contributed by atoms with Gasteiger partial charge in [-0.3, -0.25) is 14.1 Å². The maximum Gasteiger partial charge on any atom is 0.469 e. The van der Waals surface area contributed by atoms with Gasteiger partial charge in [-0.05, 0) is 77.0 Å². The molecule has 0 aromatic rings. The summed E-state index contributed by atoms with van der Waals surface area (Å²) in [5.41, 5.74) is 0. The van der Waals surface area contributed by atoms with Gasteiger partial charge in [0.05, 0.1) is 6.61 Å². The molecule has 0 amide bonds. The van der Waals surface area contributed by atoms with Crippen LogP contribution in [0, 0.1) is 0 Å². The van der Waals surface area contributed by atoms with E-state index in [0.29, 0.717) is 12.8 Å². The zero-order valence-corrected chi connectivity index (χ0v) is 33.1. The third-order valence-corrected chi connectivity index (χ3v) is 8.76. The van der Waals surface area contributed by atoms with Crippen molar-refractivity contribution in [3.8, 4) is 0 Å². The highest BCUT2D eigenvalue weighted by Crippen LogP contribution is 2.36. The molecule has 1 atom stereocenters. The van der Waals surface area contributed by atoms with E-state index in [-0.39, 0.29) is 19.4 Å². The number of allylic oxidation sites excluding steroid dienone is 10. The SMILES string of the molecule is CC/C=C\C/C=C\C/C=C\C/C=C\CCCCCCCCCCC(=O)OC(COC(=O)CCCCCCC/C=C\CCCCC)COP(=O)(O)O. The number of esters is 2. The van der Waals surface area contributed by atoms with Crippen molar-refractivity contribution in [1.29, 1.82) is 0 Å². The summed E-state index contributed by atoms with van der Waals surface area (Å²) in [5.74, 6) is -0.908. The van der Waals surface area contributed by atoms with E-state index in [1.807, 2.05) is 0 Å². The smallest absolute Gasteiger partial charge is 0.462 e. The minimum absolute atomic E-state index is 0.198. The maximum absolute atomic E-state index is 12.4. The van der Waals surface area contributed by atoms with Gasteiger partial charge in [0.1, 0.15) is 6.61 Å². The van der Waals surface area contributed by atoms with Crippen molar-refractivity contribution in [2.45, 2.75) is 180 Å². The van der Waals surface area contributed by atoms with Crippen molar-refractivity contribution in [2.75, 3.05) is 13.2 Å². The second-order valence-corrected chi connectivity index (χ2v) is 14.5. The summed E-state index contributed by atoms with van der Waals surface area (Å²) in [4.78, 5) is 42.8. The summed E-state index contributed by atoms with van der Waals surface area (Å²) >= 11 is 0. The number of carbonyl (C=O) groups excluding carboxylic acids is 2. The van der Waals surface area contributed by atoms with E-state index in [1.165, 1.54) is 44.9 Å². The molecule has 8 nitrogen and oxygen atoms in total. The fourth-order valence-corrected chi connectivity index (χ4v) is 5.66. The molecule has 0 aliphatic rings. The second-order valence-electron chi connectivity index (χ2n) is 13.2. The fraction of sp³-hybridized carbons (Fsp3) is 0.714. The molecule has 9 heteroatoms. The molecular formula is C42H73O8P. The first-order chi connectivity index (χ1) is 24.8. The molecule has 51 heavy (non-hydrogen) atoms. The quantitative estimate of drug-likeness (QED) is 0.0282. The van der Waals surface area contributed by atoms with E-state index in [9.17, 15) is 14.2 Å². The summed E-state index contributed by atoms with van der Waals surface area (Å²) in [5, 5.41) is 0. The van der Waals surface area contributed by atoms with Crippen LogP contribution in [0.4, 0.5) is 0 Å². The molecule has 0 spiro atoms. The highest BCUT2D eigenvalue weighted by atomic mass is 31.2. The Hall–Kier alpha value is -2.25. The highest BCUT2D eigenvalue weighted by molar-refractivity contribution is 7.46. The van der Waals surface area contributed by atoms with Crippen molar-refractivity contribution < 1.29 is 37.9 Å². The fourth-order valence-electron chi connectivity index (χ4n) is 5.30. The number of unbranched alkanes of at least 4 members (excludes halogenated alkanes) is 16. The molecule has 0 aromatic carbocycles. The van der Waals surface area contributed by atoms with Gasteiger partial charge in [0.25, 0.3) is 0 Å². The van der Waals surface area contributed by atoms with E-state index < -0.39 is 32.5 Å². The van der Waals surface area contributed by atoms with Crippen LogP contribution in [0.25, 0.3) is 0 Å². The van der Waals surface area contributed by atoms with Gasteiger partial charge in [-0.25, -0.2) is 4.57 Å². The number of phosphoric ester groups is 1. The Morgan fingerprint density at radius 2 is 0.941 bits per heavy atom. The maximum atomic E-state index is 12.4. The van der Waals surface area contributed by atoms with Gasteiger partial charge < -0.3 is 19.3 Å². The molecule has 0 aliphatic carbocycles. The molecule has 0 aliphatic heterocycles. The third-order valence-electron chi connectivity index (χ3n) is 8.27. The topological polar surface area (TPSA) is 119 Å². The average molecular weight is 737 g/mol. The van der Waals surface area contributed by atoms with E-state index >= 15 is 0 Å². The van der Waals surface area contributed by atoms with Gasteiger partial charge in [-0.2, -0.15) is 0 Å². The van der Waals surface area contributed by atoms with Crippen LogP contribution in [0.15, 0.2) is 60.8 Å². The van der Waals surface area contributed by atoms with Gasteiger partial charge in [0, 0.05) is 12.8 Å². The van der Waals surface area contributed by atoms with Crippen LogP contribution in [-0.2, 0) is 28.2 Å². The summed E-state index contributed by atoms with van der Waals surface area (Å²) in [6.45, 7) is 3.52. The minimum Gasteiger partial charge on any atom is -0.462 e. The van der Waals surface area contributed by atoms with E-state index in [0.717, 1.165) is 89.9 Å².